The number of nitrogens with zero attached hydrogens (tertiary/aromatic N) is 2. The van der Waals surface area contributed by atoms with Crippen LogP contribution in [0.4, 0.5) is 4.39 Å². The van der Waals surface area contributed by atoms with E-state index in [1.54, 1.807) is 6.07 Å². The van der Waals surface area contributed by atoms with Gasteiger partial charge in [-0.2, -0.15) is 0 Å². The van der Waals surface area contributed by atoms with Crippen LogP contribution in [0.5, 0.6) is 0 Å². The van der Waals surface area contributed by atoms with Crippen molar-refractivity contribution >= 4 is 29.9 Å². The van der Waals surface area contributed by atoms with Crippen LogP contribution in [-0.2, 0) is 6.54 Å². The lowest BCUT2D eigenvalue weighted by molar-refractivity contribution is 0.508. The Morgan fingerprint density at radius 2 is 2.18 bits per heavy atom. The van der Waals surface area contributed by atoms with Crippen LogP contribution in [0.1, 0.15) is 26.5 Å². The molecule has 0 amide bonds. The Bertz CT molecular complexity index is 387. The Morgan fingerprint density at radius 1 is 1.53 bits per heavy atom. The summed E-state index contributed by atoms with van der Waals surface area (Å²) in [6.45, 7) is 6.05. The highest BCUT2D eigenvalue weighted by molar-refractivity contribution is 14.0. The molecule has 1 heterocycles. The maximum atomic E-state index is 13.2. The van der Waals surface area contributed by atoms with Crippen molar-refractivity contribution in [3.05, 3.63) is 29.8 Å². The molecule has 6 heteroatoms. The normalized spacial score (nSPS) is 11.9. The van der Waals surface area contributed by atoms with E-state index < -0.39 is 0 Å². The second kappa shape index (κ2) is 6.73. The maximum Gasteiger partial charge on any atom is 0.189 e. The third-order valence-electron chi connectivity index (χ3n) is 1.74. The Kier molecular flexibility index (Phi) is 6.36. The molecule has 0 spiro atoms. The van der Waals surface area contributed by atoms with E-state index in [0.29, 0.717) is 5.69 Å². The predicted octanol–water partition coefficient (Wildman–Crippen LogP) is 2.04. The minimum Gasteiger partial charge on any atom is -0.370 e. The molecule has 17 heavy (non-hydrogen) atoms. The van der Waals surface area contributed by atoms with E-state index in [-0.39, 0.29) is 47.8 Å². The monoisotopic (exact) mass is 352 g/mol. The lowest BCUT2D eigenvalue weighted by Crippen LogP contribution is -2.45. The molecule has 1 rings (SSSR count). The number of rotatable bonds is 2. The second-order valence-electron chi connectivity index (χ2n) is 4.51. The second-order valence-corrected chi connectivity index (χ2v) is 4.51. The molecule has 4 nitrogen and oxygen atoms in total. The van der Waals surface area contributed by atoms with Crippen molar-refractivity contribution in [3.63, 3.8) is 0 Å². The number of pyridine rings is 1. The highest BCUT2D eigenvalue weighted by atomic mass is 127. The number of halogens is 2. The van der Waals surface area contributed by atoms with Crippen molar-refractivity contribution in [1.29, 1.82) is 0 Å². The van der Waals surface area contributed by atoms with Crippen LogP contribution in [-0.4, -0.2) is 16.5 Å². The summed E-state index contributed by atoms with van der Waals surface area (Å²) in [5.74, 6) is -0.0765. The van der Waals surface area contributed by atoms with Crippen LogP contribution in [0.15, 0.2) is 23.3 Å². The Labute approximate surface area is 118 Å². The first-order chi connectivity index (χ1) is 7.38. The lowest BCUT2D eigenvalue weighted by atomic mass is 10.1. The van der Waals surface area contributed by atoms with Gasteiger partial charge in [-0.1, -0.05) is 0 Å². The van der Waals surface area contributed by atoms with Gasteiger partial charge in [-0.15, -0.1) is 24.0 Å². The van der Waals surface area contributed by atoms with Crippen molar-refractivity contribution in [2.75, 3.05) is 0 Å². The van der Waals surface area contributed by atoms with Gasteiger partial charge in [0.05, 0.1) is 12.2 Å². The van der Waals surface area contributed by atoms with Crippen LogP contribution in [0.2, 0.25) is 0 Å². The molecule has 0 atom stereocenters. The highest BCUT2D eigenvalue weighted by Crippen LogP contribution is 2.04. The van der Waals surface area contributed by atoms with E-state index in [2.05, 4.69) is 15.3 Å². The van der Waals surface area contributed by atoms with Crippen LogP contribution in [0.25, 0.3) is 0 Å². The van der Waals surface area contributed by atoms with Gasteiger partial charge >= 0.3 is 0 Å². The average Bonchev–Trinajstić information content (AvgIpc) is 2.14. The fourth-order valence-corrected chi connectivity index (χ4v) is 1.12. The van der Waals surface area contributed by atoms with Crippen molar-refractivity contribution in [2.45, 2.75) is 32.9 Å². The van der Waals surface area contributed by atoms with Crippen LogP contribution in [0.3, 0.4) is 0 Å². The molecule has 0 unspecified atom stereocenters. The number of hydrogen-bond donors (Lipinski definition) is 2. The van der Waals surface area contributed by atoms with Crippen molar-refractivity contribution < 1.29 is 4.39 Å². The molecule has 0 fully saturated rings. The number of nitrogens with two attached hydrogens (primary N) is 1. The van der Waals surface area contributed by atoms with Crippen LogP contribution < -0.4 is 11.1 Å². The van der Waals surface area contributed by atoms with Crippen LogP contribution >= 0.6 is 24.0 Å². The number of guanidine groups is 1. The largest absolute Gasteiger partial charge is 0.370 e. The molecule has 0 aromatic carbocycles. The maximum absolute atomic E-state index is 13.2. The van der Waals surface area contributed by atoms with Gasteiger partial charge in [-0.3, -0.25) is 4.98 Å². The zero-order valence-corrected chi connectivity index (χ0v) is 12.5. The van der Waals surface area contributed by atoms with Gasteiger partial charge in [-0.25, -0.2) is 9.38 Å². The highest BCUT2D eigenvalue weighted by Gasteiger charge is 2.10. The van der Waals surface area contributed by atoms with E-state index in [9.17, 15) is 4.39 Å². The standard InChI is InChI=1S/C11H17FN4.HI/c1-11(2,3)16-10(13)15-7-9-8(12)5-4-6-14-9;/h4-6H,7H2,1-3H3,(H3,13,15,16);1H. The molecule has 0 saturated heterocycles. The summed E-state index contributed by atoms with van der Waals surface area (Å²) in [6, 6.07) is 2.89. The van der Waals surface area contributed by atoms with Gasteiger partial charge in [0.25, 0.3) is 0 Å². The Morgan fingerprint density at radius 3 is 2.71 bits per heavy atom. The topological polar surface area (TPSA) is 63.3 Å². The minimum absolute atomic E-state index is 0. The number of nitrogens with one attached hydrogen (secondary N) is 1. The number of aliphatic imine (C=N–C) groups is 1. The van der Waals surface area contributed by atoms with Gasteiger partial charge < -0.3 is 11.1 Å². The summed E-state index contributed by atoms with van der Waals surface area (Å²) in [4.78, 5) is 7.90. The number of aromatic nitrogens is 1. The molecule has 96 valence electrons. The van der Waals surface area contributed by atoms with Gasteiger partial charge in [-0.05, 0) is 32.9 Å². The smallest absolute Gasteiger partial charge is 0.189 e. The molecule has 1 aromatic rings. The minimum atomic E-state index is -0.366. The molecular formula is C11H18FIN4. The Hall–Kier alpha value is -0.920. The molecular weight excluding hydrogens is 334 g/mol. The quantitative estimate of drug-likeness (QED) is 0.487. The average molecular weight is 352 g/mol. The van der Waals surface area contributed by atoms with Gasteiger partial charge in [0, 0.05) is 11.7 Å². The van der Waals surface area contributed by atoms with Crippen LogP contribution in [0, 0.1) is 5.82 Å². The van der Waals surface area contributed by atoms with E-state index >= 15 is 0 Å². The molecule has 0 aliphatic rings. The van der Waals surface area contributed by atoms with Gasteiger partial charge in [0.1, 0.15) is 5.82 Å². The van der Waals surface area contributed by atoms with E-state index in [0.717, 1.165) is 0 Å². The predicted molar refractivity (Wildman–Crippen MR) is 77.8 cm³/mol. The molecule has 0 radical (unpaired) electrons. The first-order valence-electron chi connectivity index (χ1n) is 5.06. The summed E-state index contributed by atoms with van der Waals surface area (Å²) in [6.07, 6.45) is 1.53. The fourth-order valence-electron chi connectivity index (χ4n) is 1.12. The fraction of sp³-hybridized carbons (Fsp3) is 0.455. The zero-order chi connectivity index (χ0) is 12.2. The summed E-state index contributed by atoms with van der Waals surface area (Å²) in [7, 11) is 0. The van der Waals surface area contributed by atoms with Gasteiger partial charge in [0.15, 0.2) is 5.96 Å². The first kappa shape index (κ1) is 16.1. The summed E-state index contributed by atoms with van der Waals surface area (Å²) in [5, 5.41) is 2.99. The zero-order valence-electron chi connectivity index (χ0n) is 10.2. The van der Waals surface area contributed by atoms with Crippen molar-refractivity contribution in [3.8, 4) is 0 Å². The van der Waals surface area contributed by atoms with Gasteiger partial charge in [0.2, 0.25) is 0 Å². The van der Waals surface area contributed by atoms with E-state index in [1.807, 2.05) is 20.8 Å². The van der Waals surface area contributed by atoms with E-state index in [4.69, 9.17) is 5.73 Å². The van der Waals surface area contributed by atoms with Crippen molar-refractivity contribution in [1.82, 2.24) is 10.3 Å². The molecule has 3 N–H and O–H groups in total. The summed E-state index contributed by atoms with van der Waals surface area (Å²) >= 11 is 0. The third kappa shape index (κ3) is 6.40. The summed E-state index contributed by atoms with van der Waals surface area (Å²) < 4.78 is 13.2. The molecule has 0 aliphatic heterocycles. The third-order valence-corrected chi connectivity index (χ3v) is 1.74. The van der Waals surface area contributed by atoms with E-state index in [1.165, 1.54) is 12.3 Å². The molecule has 0 aliphatic carbocycles. The number of hydrogen-bond acceptors (Lipinski definition) is 2. The molecule has 0 bridgehead atoms. The molecule has 0 saturated carbocycles. The van der Waals surface area contributed by atoms with Crippen molar-refractivity contribution in [2.24, 2.45) is 10.7 Å². The SMILES string of the molecule is CC(C)(C)NC(N)=NCc1ncccc1F.I. The lowest BCUT2D eigenvalue weighted by Gasteiger charge is -2.20. The Balaban J connectivity index is 0.00000256. The summed E-state index contributed by atoms with van der Waals surface area (Å²) in [5.41, 5.74) is 5.78. The first-order valence-corrected chi connectivity index (χ1v) is 5.06. The molecule has 1 aromatic heterocycles.